The molecule has 150 valence electrons. The SMILES string of the molecule is CCOc1ccc(/C=C2/N=C(c3ccc(Cl)cc3)N(c3ccc(Cl)cc3)C2=O)cc1. The van der Waals surface area contributed by atoms with Crippen molar-refractivity contribution in [1.29, 1.82) is 0 Å². The predicted molar refractivity (Wildman–Crippen MR) is 123 cm³/mol. The second-order valence-electron chi connectivity index (χ2n) is 6.59. The van der Waals surface area contributed by atoms with Gasteiger partial charge in [-0.3, -0.25) is 9.69 Å². The zero-order chi connectivity index (χ0) is 21.1. The van der Waals surface area contributed by atoms with Crippen molar-refractivity contribution in [2.24, 2.45) is 4.99 Å². The third-order valence-corrected chi connectivity index (χ3v) is 5.05. The molecule has 0 aromatic heterocycles. The van der Waals surface area contributed by atoms with E-state index in [2.05, 4.69) is 4.99 Å². The second-order valence-corrected chi connectivity index (χ2v) is 7.46. The van der Waals surface area contributed by atoms with Crippen LogP contribution in [0.25, 0.3) is 6.08 Å². The minimum atomic E-state index is -0.212. The molecule has 0 unspecified atom stereocenters. The summed E-state index contributed by atoms with van der Waals surface area (Å²) in [4.78, 5) is 19.5. The Balaban J connectivity index is 1.75. The average Bonchev–Trinajstić information content (AvgIpc) is 3.07. The highest BCUT2D eigenvalue weighted by Gasteiger charge is 2.32. The van der Waals surface area contributed by atoms with Gasteiger partial charge in [-0.15, -0.1) is 0 Å². The minimum absolute atomic E-state index is 0.212. The van der Waals surface area contributed by atoms with Crippen molar-refractivity contribution in [1.82, 2.24) is 0 Å². The van der Waals surface area contributed by atoms with Crippen molar-refractivity contribution in [3.05, 3.63) is 99.7 Å². The van der Waals surface area contributed by atoms with E-state index in [4.69, 9.17) is 27.9 Å². The van der Waals surface area contributed by atoms with Gasteiger partial charge in [0, 0.05) is 15.6 Å². The molecule has 1 aliphatic heterocycles. The van der Waals surface area contributed by atoms with Crippen LogP contribution in [0.5, 0.6) is 5.75 Å². The number of halogens is 2. The second kappa shape index (κ2) is 8.74. The molecule has 0 saturated carbocycles. The van der Waals surface area contributed by atoms with Gasteiger partial charge in [-0.25, -0.2) is 4.99 Å². The summed E-state index contributed by atoms with van der Waals surface area (Å²) < 4.78 is 5.48. The van der Waals surface area contributed by atoms with E-state index in [1.807, 2.05) is 43.3 Å². The van der Waals surface area contributed by atoms with Crippen LogP contribution in [0.4, 0.5) is 5.69 Å². The molecule has 0 spiro atoms. The first kappa shape index (κ1) is 20.2. The molecule has 0 radical (unpaired) electrons. The third-order valence-electron chi connectivity index (χ3n) is 4.54. The number of anilines is 1. The summed E-state index contributed by atoms with van der Waals surface area (Å²) in [5, 5.41) is 1.22. The molecule has 30 heavy (non-hydrogen) atoms. The Morgan fingerprint density at radius 2 is 1.50 bits per heavy atom. The first-order chi connectivity index (χ1) is 14.5. The summed E-state index contributed by atoms with van der Waals surface area (Å²) in [6.07, 6.45) is 1.77. The number of hydrogen-bond acceptors (Lipinski definition) is 3. The molecule has 0 atom stereocenters. The average molecular weight is 437 g/mol. The first-order valence-electron chi connectivity index (χ1n) is 9.44. The van der Waals surface area contributed by atoms with Crippen molar-refractivity contribution in [2.75, 3.05) is 11.5 Å². The van der Waals surface area contributed by atoms with Crippen LogP contribution in [-0.4, -0.2) is 18.3 Å². The maximum Gasteiger partial charge on any atom is 0.282 e. The molecule has 0 bridgehead atoms. The number of carbonyl (C=O) groups is 1. The van der Waals surface area contributed by atoms with Crippen LogP contribution in [0.1, 0.15) is 18.1 Å². The van der Waals surface area contributed by atoms with E-state index in [-0.39, 0.29) is 5.91 Å². The van der Waals surface area contributed by atoms with Crippen LogP contribution in [0.2, 0.25) is 10.0 Å². The van der Waals surface area contributed by atoms with Crippen molar-refractivity contribution in [2.45, 2.75) is 6.92 Å². The lowest BCUT2D eigenvalue weighted by Gasteiger charge is -2.18. The number of rotatable bonds is 5. The smallest absolute Gasteiger partial charge is 0.282 e. The number of amidine groups is 1. The summed E-state index contributed by atoms with van der Waals surface area (Å²) in [6, 6.07) is 21.9. The van der Waals surface area contributed by atoms with E-state index in [0.717, 1.165) is 16.9 Å². The van der Waals surface area contributed by atoms with Crippen LogP contribution in [0.3, 0.4) is 0 Å². The fourth-order valence-electron chi connectivity index (χ4n) is 3.12. The molecule has 4 nitrogen and oxygen atoms in total. The van der Waals surface area contributed by atoms with E-state index in [9.17, 15) is 4.79 Å². The number of carbonyl (C=O) groups excluding carboxylic acids is 1. The predicted octanol–water partition coefficient (Wildman–Crippen LogP) is 6.23. The van der Waals surface area contributed by atoms with Gasteiger partial charge in [-0.05, 0) is 79.2 Å². The third kappa shape index (κ3) is 4.25. The number of benzene rings is 3. The van der Waals surface area contributed by atoms with Crippen LogP contribution in [0.15, 0.2) is 83.5 Å². The lowest BCUT2D eigenvalue weighted by molar-refractivity contribution is -0.113. The molecule has 0 N–H and O–H groups in total. The first-order valence-corrected chi connectivity index (χ1v) is 10.2. The van der Waals surface area contributed by atoms with Gasteiger partial charge < -0.3 is 4.74 Å². The molecule has 3 aromatic carbocycles. The van der Waals surface area contributed by atoms with Gasteiger partial charge in [0.05, 0.1) is 12.3 Å². The highest BCUT2D eigenvalue weighted by atomic mass is 35.5. The van der Waals surface area contributed by atoms with Gasteiger partial charge in [0.25, 0.3) is 5.91 Å². The number of hydrogen-bond donors (Lipinski definition) is 0. The molecule has 0 aliphatic carbocycles. The number of ether oxygens (including phenoxy) is 1. The van der Waals surface area contributed by atoms with Crippen molar-refractivity contribution in [3.63, 3.8) is 0 Å². The van der Waals surface area contributed by atoms with Crippen molar-refractivity contribution < 1.29 is 9.53 Å². The molecular formula is C24H18Cl2N2O2. The van der Waals surface area contributed by atoms with Gasteiger partial charge >= 0.3 is 0 Å². The van der Waals surface area contributed by atoms with Gasteiger partial charge in [-0.1, -0.05) is 35.3 Å². The van der Waals surface area contributed by atoms with E-state index in [1.165, 1.54) is 0 Å². The van der Waals surface area contributed by atoms with E-state index in [0.29, 0.717) is 33.9 Å². The summed E-state index contributed by atoms with van der Waals surface area (Å²) in [6.45, 7) is 2.54. The summed E-state index contributed by atoms with van der Waals surface area (Å²) >= 11 is 12.1. The highest BCUT2D eigenvalue weighted by Crippen LogP contribution is 2.29. The van der Waals surface area contributed by atoms with E-state index in [1.54, 1.807) is 47.4 Å². The zero-order valence-electron chi connectivity index (χ0n) is 16.2. The maximum atomic E-state index is 13.3. The Morgan fingerprint density at radius 3 is 2.10 bits per heavy atom. The molecular weight excluding hydrogens is 419 g/mol. The fourth-order valence-corrected chi connectivity index (χ4v) is 3.38. The molecule has 4 rings (SSSR count). The topological polar surface area (TPSA) is 41.9 Å². The number of nitrogens with zero attached hydrogens (tertiary/aromatic N) is 2. The quantitative estimate of drug-likeness (QED) is 0.445. The Kier molecular flexibility index (Phi) is 5.88. The van der Waals surface area contributed by atoms with Crippen molar-refractivity contribution in [3.8, 4) is 5.75 Å². The van der Waals surface area contributed by atoms with Gasteiger partial charge in [0.15, 0.2) is 0 Å². The Labute approximate surface area is 185 Å². The summed E-state index contributed by atoms with van der Waals surface area (Å²) in [7, 11) is 0. The van der Waals surface area contributed by atoms with Crippen LogP contribution < -0.4 is 9.64 Å². The lowest BCUT2D eigenvalue weighted by Crippen LogP contribution is -2.32. The van der Waals surface area contributed by atoms with Crippen molar-refractivity contribution >= 4 is 46.7 Å². The fraction of sp³-hybridized carbons (Fsp3) is 0.0833. The normalized spacial score (nSPS) is 14.9. The minimum Gasteiger partial charge on any atom is -0.494 e. The molecule has 6 heteroatoms. The van der Waals surface area contributed by atoms with E-state index < -0.39 is 0 Å². The number of amides is 1. The van der Waals surface area contributed by atoms with Crippen LogP contribution in [-0.2, 0) is 4.79 Å². The molecule has 1 aliphatic rings. The molecule has 0 fully saturated rings. The van der Waals surface area contributed by atoms with E-state index >= 15 is 0 Å². The standard InChI is InChI=1S/C24H18Cl2N2O2/c1-2-30-21-13-3-16(4-14-21)15-22-24(29)28(20-11-9-19(26)10-12-20)23(27-22)17-5-7-18(25)8-6-17/h3-15H,2H2,1H3/b22-15+. The molecule has 3 aromatic rings. The zero-order valence-corrected chi connectivity index (χ0v) is 17.7. The van der Waals surface area contributed by atoms with Gasteiger partial charge in [0.1, 0.15) is 17.3 Å². The van der Waals surface area contributed by atoms with Gasteiger partial charge in [-0.2, -0.15) is 0 Å². The van der Waals surface area contributed by atoms with Crippen LogP contribution in [0, 0.1) is 0 Å². The lowest BCUT2D eigenvalue weighted by atomic mass is 10.1. The summed E-state index contributed by atoms with van der Waals surface area (Å²) in [5.74, 6) is 1.11. The Bertz CT molecular complexity index is 1120. The molecule has 1 heterocycles. The van der Waals surface area contributed by atoms with Gasteiger partial charge in [0.2, 0.25) is 0 Å². The Hall–Kier alpha value is -3.08. The maximum absolute atomic E-state index is 13.3. The van der Waals surface area contributed by atoms with Crippen LogP contribution >= 0.6 is 23.2 Å². The molecule has 0 saturated heterocycles. The largest absolute Gasteiger partial charge is 0.494 e. The highest BCUT2D eigenvalue weighted by molar-refractivity contribution is 6.34. The monoisotopic (exact) mass is 436 g/mol. The summed E-state index contributed by atoms with van der Waals surface area (Å²) in [5.41, 5.74) is 2.68. The number of aliphatic imine (C=N–C) groups is 1. The Morgan fingerprint density at radius 1 is 0.900 bits per heavy atom. The molecule has 1 amide bonds.